The molecule has 13 heavy (non-hydrogen) atoms. The summed E-state index contributed by atoms with van der Waals surface area (Å²) in [4.78, 5) is 28.8. The van der Waals surface area contributed by atoms with Crippen molar-refractivity contribution in [1.82, 2.24) is 10.4 Å². The fourth-order valence-corrected chi connectivity index (χ4v) is 1.91. The number of likely N-dealkylation sites (tertiary alicyclic amines) is 1. The van der Waals surface area contributed by atoms with Crippen LogP contribution in [0.1, 0.15) is 6.42 Å². The van der Waals surface area contributed by atoms with Gasteiger partial charge in [-0.05, 0) is 0 Å². The minimum atomic E-state index is -0.454. The molecule has 0 saturated carbocycles. The second-order valence-electron chi connectivity index (χ2n) is 3.20. The molecular formula is C7H10N2O3S. The molecule has 2 rings (SSSR count). The summed E-state index contributed by atoms with van der Waals surface area (Å²) in [5.74, 6) is -0.263. The Labute approximate surface area is 80.8 Å². The van der Waals surface area contributed by atoms with Crippen LogP contribution in [0.2, 0.25) is 0 Å². The zero-order chi connectivity index (χ0) is 9.42. The average molecular weight is 202 g/mol. The molecule has 2 aliphatic rings. The van der Waals surface area contributed by atoms with Gasteiger partial charge in [0.2, 0.25) is 5.91 Å². The molecule has 0 spiro atoms. The van der Waals surface area contributed by atoms with Crippen molar-refractivity contribution in [2.45, 2.75) is 17.7 Å². The van der Waals surface area contributed by atoms with Gasteiger partial charge in [0.1, 0.15) is 12.6 Å². The normalized spacial score (nSPS) is 34.1. The minimum absolute atomic E-state index is 0.0225. The second-order valence-corrected chi connectivity index (χ2v) is 3.93. The third-order valence-corrected chi connectivity index (χ3v) is 2.58. The van der Waals surface area contributed by atoms with Crippen LogP contribution < -0.4 is 5.48 Å². The predicted molar refractivity (Wildman–Crippen MR) is 47.0 cm³/mol. The minimum Gasteiger partial charge on any atom is -0.327 e. The van der Waals surface area contributed by atoms with Gasteiger partial charge in [-0.3, -0.25) is 14.4 Å². The first kappa shape index (κ1) is 8.83. The number of hydroxylamine groups is 1. The van der Waals surface area contributed by atoms with E-state index in [1.165, 1.54) is 4.90 Å². The number of amides is 2. The molecule has 6 heteroatoms. The lowest BCUT2D eigenvalue weighted by Gasteiger charge is -2.19. The van der Waals surface area contributed by atoms with Gasteiger partial charge >= 0.3 is 0 Å². The smallest absolute Gasteiger partial charge is 0.268 e. The van der Waals surface area contributed by atoms with Crippen molar-refractivity contribution in [2.75, 3.05) is 13.2 Å². The van der Waals surface area contributed by atoms with E-state index in [2.05, 4.69) is 18.1 Å². The maximum Gasteiger partial charge on any atom is 0.268 e. The number of nitrogens with zero attached hydrogens (tertiary/aromatic N) is 1. The van der Waals surface area contributed by atoms with Gasteiger partial charge in [0.15, 0.2) is 0 Å². The fraction of sp³-hybridized carbons (Fsp3) is 0.714. The topological polar surface area (TPSA) is 58.6 Å². The monoisotopic (exact) mass is 202 g/mol. The van der Waals surface area contributed by atoms with Gasteiger partial charge in [-0.2, -0.15) is 12.6 Å². The Balaban J connectivity index is 2.08. The highest BCUT2D eigenvalue weighted by molar-refractivity contribution is 7.81. The highest BCUT2D eigenvalue weighted by Crippen LogP contribution is 2.20. The Kier molecular flexibility index (Phi) is 2.17. The lowest BCUT2D eigenvalue weighted by Crippen LogP contribution is -2.43. The summed E-state index contributed by atoms with van der Waals surface area (Å²) in [5.41, 5.74) is 2.22. The molecule has 0 aromatic heterocycles. The molecule has 0 aromatic rings. The molecule has 0 radical (unpaired) electrons. The first-order valence-corrected chi connectivity index (χ1v) is 4.59. The van der Waals surface area contributed by atoms with Crippen LogP contribution in [-0.4, -0.2) is 41.2 Å². The molecule has 0 bridgehead atoms. The van der Waals surface area contributed by atoms with Gasteiger partial charge in [0, 0.05) is 18.2 Å². The molecule has 5 nitrogen and oxygen atoms in total. The zero-order valence-electron chi connectivity index (χ0n) is 6.90. The first-order chi connectivity index (χ1) is 6.18. The Morgan fingerprint density at radius 3 is 2.77 bits per heavy atom. The molecule has 2 amide bonds. The molecule has 72 valence electrons. The van der Waals surface area contributed by atoms with Gasteiger partial charge in [0.25, 0.3) is 5.91 Å². The summed E-state index contributed by atoms with van der Waals surface area (Å²) in [5, 5.41) is 0.0425. The molecule has 2 aliphatic heterocycles. The Morgan fingerprint density at radius 1 is 1.54 bits per heavy atom. The second kappa shape index (κ2) is 3.19. The molecule has 2 unspecified atom stereocenters. The van der Waals surface area contributed by atoms with Crippen molar-refractivity contribution in [3.8, 4) is 0 Å². The number of hydrogen-bond donors (Lipinski definition) is 2. The summed E-state index contributed by atoms with van der Waals surface area (Å²) < 4.78 is 0. The number of carbonyl (C=O) groups is 2. The lowest BCUT2D eigenvalue weighted by atomic mass is 10.3. The van der Waals surface area contributed by atoms with Crippen LogP contribution in [0.3, 0.4) is 0 Å². The van der Waals surface area contributed by atoms with Crippen molar-refractivity contribution < 1.29 is 14.4 Å². The van der Waals surface area contributed by atoms with Crippen molar-refractivity contribution in [1.29, 1.82) is 0 Å². The van der Waals surface area contributed by atoms with Crippen LogP contribution in [0.15, 0.2) is 0 Å². The molecule has 2 atom stereocenters. The number of rotatable bonds is 1. The Morgan fingerprint density at radius 2 is 2.31 bits per heavy atom. The summed E-state index contributed by atoms with van der Waals surface area (Å²) in [6.07, 6.45) is 0.410. The van der Waals surface area contributed by atoms with E-state index in [0.29, 0.717) is 13.0 Å². The standard InChI is InChI=1S/C7H10N2O3S/c10-6-1-4(13)2-9(6)5-3-12-8-7(5)11/h4-5,13H,1-3H2,(H,8,11). The third-order valence-electron chi connectivity index (χ3n) is 2.23. The quantitative estimate of drug-likeness (QED) is 0.533. The number of hydrogen-bond acceptors (Lipinski definition) is 4. The van der Waals surface area contributed by atoms with E-state index in [1.54, 1.807) is 0 Å². The van der Waals surface area contributed by atoms with E-state index in [-0.39, 0.29) is 23.7 Å². The van der Waals surface area contributed by atoms with Crippen LogP contribution in [0.25, 0.3) is 0 Å². The van der Waals surface area contributed by atoms with E-state index >= 15 is 0 Å². The van der Waals surface area contributed by atoms with E-state index in [1.807, 2.05) is 0 Å². The lowest BCUT2D eigenvalue weighted by molar-refractivity contribution is -0.135. The Bertz CT molecular complexity index is 258. The van der Waals surface area contributed by atoms with Crippen molar-refractivity contribution >= 4 is 24.4 Å². The maximum absolute atomic E-state index is 11.4. The maximum atomic E-state index is 11.4. The summed E-state index contributed by atoms with van der Waals surface area (Å²) in [7, 11) is 0. The van der Waals surface area contributed by atoms with Gasteiger partial charge in [0.05, 0.1) is 0 Å². The van der Waals surface area contributed by atoms with E-state index in [4.69, 9.17) is 4.84 Å². The van der Waals surface area contributed by atoms with E-state index in [0.717, 1.165) is 0 Å². The summed E-state index contributed by atoms with van der Waals surface area (Å²) in [6.45, 7) is 0.772. The predicted octanol–water partition coefficient (Wildman–Crippen LogP) is -1.05. The van der Waals surface area contributed by atoms with Crippen molar-refractivity contribution in [3.63, 3.8) is 0 Å². The van der Waals surface area contributed by atoms with E-state index in [9.17, 15) is 9.59 Å². The van der Waals surface area contributed by atoms with Crippen LogP contribution in [-0.2, 0) is 14.4 Å². The molecule has 2 fully saturated rings. The summed E-state index contributed by atoms with van der Waals surface area (Å²) in [6, 6.07) is -0.454. The fourth-order valence-electron chi connectivity index (χ4n) is 1.58. The number of nitrogens with one attached hydrogen (secondary N) is 1. The van der Waals surface area contributed by atoms with Gasteiger partial charge in [-0.25, -0.2) is 5.48 Å². The molecule has 0 aromatic carbocycles. The third kappa shape index (κ3) is 1.51. The molecule has 2 heterocycles. The first-order valence-electron chi connectivity index (χ1n) is 4.07. The molecule has 0 aliphatic carbocycles. The van der Waals surface area contributed by atoms with Gasteiger partial charge < -0.3 is 4.90 Å². The van der Waals surface area contributed by atoms with Crippen molar-refractivity contribution in [2.24, 2.45) is 0 Å². The number of thiol groups is 1. The van der Waals surface area contributed by atoms with Crippen LogP contribution in [0.4, 0.5) is 0 Å². The number of carbonyl (C=O) groups excluding carboxylic acids is 2. The van der Waals surface area contributed by atoms with E-state index < -0.39 is 6.04 Å². The van der Waals surface area contributed by atoms with Gasteiger partial charge in [-0.1, -0.05) is 0 Å². The molecule has 2 saturated heterocycles. The SMILES string of the molecule is O=C1NOCC1N1CC(S)CC1=O. The molecular weight excluding hydrogens is 192 g/mol. The Hall–Kier alpha value is -0.750. The van der Waals surface area contributed by atoms with Crippen LogP contribution in [0.5, 0.6) is 0 Å². The van der Waals surface area contributed by atoms with Crippen LogP contribution >= 0.6 is 12.6 Å². The molecule has 1 N–H and O–H groups in total. The van der Waals surface area contributed by atoms with Crippen LogP contribution in [0, 0.1) is 0 Å². The highest BCUT2D eigenvalue weighted by Gasteiger charge is 2.39. The average Bonchev–Trinajstić information content (AvgIpc) is 2.58. The zero-order valence-corrected chi connectivity index (χ0v) is 7.79. The summed E-state index contributed by atoms with van der Waals surface area (Å²) >= 11 is 4.20. The van der Waals surface area contributed by atoms with Crippen molar-refractivity contribution in [3.05, 3.63) is 0 Å². The van der Waals surface area contributed by atoms with Gasteiger partial charge in [-0.15, -0.1) is 0 Å². The highest BCUT2D eigenvalue weighted by atomic mass is 32.1. The largest absolute Gasteiger partial charge is 0.327 e.